The molecule has 66 valence electrons. The van der Waals surface area contributed by atoms with Crippen LogP contribution in [-0.2, 0) is 9.59 Å². The molecule has 0 spiro atoms. The molecule has 3 nitrogen and oxygen atoms in total. The minimum atomic E-state index is -0.255. The van der Waals surface area contributed by atoms with Crippen molar-refractivity contribution in [2.75, 3.05) is 13.1 Å². The van der Waals surface area contributed by atoms with Crippen molar-refractivity contribution in [3.05, 3.63) is 0 Å². The van der Waals surface area contributed by atoms with Crippen LogP contribution in [0.25, 0.3) is 0 Å². The fraction of sp³-hybridized carbons (Fsp3) is 0.778. The van der Waals surface area contributed by atoms with Crippen molar-refractivity contribution >= 4 is 11.7 Å². The lowest BCUT2D eigenvalue weighted by atomic mass is 10.3. The molecule has 2 aliphatic rings. The van der Waals surface area contributed by atoms with Crippen LogP contribution in [0.2, 0.25) is 0 Å². The molecule has 2 rings (SSSR count). The molecule has 1 aliphatic heterocycles. The van der Waals surface area contributed by atoms with E-state index < -0.39 is 0 Å². The fourth-order valence-electron chi connectivity index (χ4n) is 1.73. The molecule has 0 aromatic carbocycles. The van der Waals surface area contributed by atoms with Gasteiger partial charge in [-0.15, -0.1) is 0 Å². The Labute approximate surface area is 71.7 Å². The summed E-state index contributed by atoms with van der Waals surface area (Å²) in [5.74, 6) is 0.964. The van der Waals surface area contributed by atoms with E-state index in [4.69, 9.17) is 0 Å². The van der Waals surface area contributed by atoms with Gasteiger partial charge in [0.25, 0.3) is 5.91 Å². The molecule has 0 aromatic rings. The van der Waals surface area contributed by atoms with Gasteiger partial charge in [-0.05, 0) is 18.3 Å². The maximum atomic E-state index is 11.2. The van der Waals surface area contributed by atoms with Crippen LogP contribution in [-0.4, -0.2) is 29.7 Å². The van der Waals surface area contributed by atoms with Gasteiger partial charge in [0.05, 0.1) is 0 Å². The molecule has 0 radical (unpaired) electrons. The van der Waals surface area contributed by atoms with E-state index in [0.29, 0.717) is 18.9 Å². The van der Waals surface area contributed by atoms with Crippen LogP contribution < -0.4 is 0 Å². The summed E-state index contributed by atoms with van der Waals surface area (Å²) in [7, 11) is 0. The Morgan fingerprint density at radius 3 is 2.58 bits per heavy atom. The van der Waals surface area contributed by atoms with Gasteiger partial charge in [-0.3, -0.25) is 9.59 Å². The minimum Gasteiger partial charge on any atom is -0.335 e. The molecule has 2 fully saturated rings. The number of likely N-dealkylation sites (tertiary alicyclic amines) is 1. The van der Waals surface area contributed by atoms with Gasteiger partial charge < -0.3 is 4.90 Å². The molecule has 1 aliphatic carbocycles. The Bertz CT molecular complexity index is 237. The van der Waals surface area contributed by atoms with E-state index in [1.165, 1.54) is 6.42 Å². The number of carbonyl (C=O) groups excluding carboxylic acids is 2. The SMILES string of the molecule is CC1CC1CN1CCC(=O)C1=O. The van der Waals surface area contributed by atoms with Gasteiger partial charge in [-0.2, -0.15) is 0 Å². The van der Waals surface area contributed by atoms with Gasteiger partial charge in [0.1, 0.15) is 0 Å². The molecule has 2 atom stereocenters. The normalized spacial score (nSPS) is 34.6. The van der Waals surface area contributed by atoms with Crippen molar-refractivity contribution < 1.29 is 9.59 Å². The Morgan fingerprint density at radius 1 is 1.50 bits per heavy atom. The van der Waals surface area contributed by atoms with Crippen molar-refractivity contribution in [1.82, 2.24) is 4.90 Å². The van der Waals surface area contributed by atoms with Crippen LogP contribution in [0, 0.1) is 11.8 Å². The molecular formula is C9H13NO2. The van der Waals surface area contributed by atoms with E-state index in [9.17, 15) is 9.59 Å². The third kappa shape index (κ3) is 1.24. The zero-order chi connectivity index (χ0) is 8.72. The molecule has 0 bridgehead atoms. The monoisotopic (exact) mass is 167 g/mol. The second-order valence-corrected chi connectivity index (χ2v) is 3.90. The Morgan fingerprint density at radius 2 is 2.17 bits per heavy atom. The van der Waals surface area contributed by atoms with E-state index >= 15 is 0 Å². The Hall–Kier alpha value is -0.860. The maximum Gasteiger partial charge on any atom is 0.290 e. The number of ketones is 1. The number of Topliss-reactive ketones (excluding diaryl/α,β-unsaturated/α-hetero) is 1. The summed E-state index contributed by atoms with van der Waals surface area (Å²) in [5.41, 5.74) is 0. The van der Waals surface area contributed by atoms with Gasteiger partial charge in [-0.1, -0.05) is 6.92 Å². The molecule has 1 amide bonds. The lowest BCUT2D eigenvalue weighted by Gasteiger charge is -2.13. The maximum absolute atomic E-state index is 11.2. The smallest absolute Gasteiger partial charge is 0.290 e. The Kier molecular flexibility index (Phi) is 1.67. The van der Waals surface area contributed by atoms with E-state index in [-0.39, 0.29) is 11.7 Å². The first-order valence-electron chi connectivity index (χ1n) is 4.50. The number of amides is 1. The first kappa shape index (κ1) is 7.77. The quantitative estimate of drug-likeness (QED) is 0.560. The van der Waals surface area contributed by atoms with Gasteiger partial charge in [0.2, 0.25) is 5.78 Å². The molecular weight excluding hydrogens is 154 g/mol. The van der Waals surface area contributed by atoms with Crippen molar-refractivity contribution in [2.45, 2.75) is 19.8 Å². The fourth-order valence-corrected chi connectivity index (χ4v) is 1.73. The molecule has 2 unspecified atom stereocenters. The van der Waals surface area contributed by atoms with Crippen molar-refractivity contribution in [3.8, 4) is 0 Å². The lowest BCUT2D eigenvalue weighted by molar-refractivity contribution is -0.140. The summed E-state index contributed by atoms with van der Waals surface area (Å²) in [4.78, 5) is 23.7. The molecule has 0 aromatic heterocycles. The summed E-state index contributed by atoms with van der Waals surface area (Å²) in [6.07, 6.45) is 1.65. The highest BCUT2D eigenvalue weighted by Gasteiger charge is 2.38. The molecule has 1 heterocycles. The molecule has 0 N–H and O–H groups in total. The predicted molar refractivity (Wildman–Crippen MR) is 43.5 cm³/mol. The van der Waals surface area contributed by atoms with Crippen molar-refractivity contribution in [3.63, 3.8) is 0 Å². The van der Waals surface area contributed by atoms with E-state index in [1.54, 1.807) is 4.90 Å². The summed E-state index contributed by atoms with van der Waals surface area (Å²) < 4.78 is 0. The highest BCUT2D eigenvalue weighted by molar-refractivity contribution is 6.37. The average molecular weight is 167 g/mol. The number of rotatable bonds is 2. The van der Waals surface area contributed by atoms with Crippen molar-refractivity contribution in [2.24, 2.45) is 11.8 Å². The summed E-state index contributed by atoms with van der Waals surface area (Å²) in [6.45, 7) is 3.65. The van der Waals surface area contributed by atoms with Gasteiger partial charge in [0, 0.05) is 19.5 Å². The van der Waals surface area contributed by atoms with E-state index in [0.717, 1.165) is 12.5 Å². The molecule has 3 heteroatoms. The van der Waals surface area contributed by atoms with Gasteiger partial charge in [-0.25, -0.2) is 0 Å². The first-order valence-corrected chi connectivity index (χ1v) is 4.50. The average Bonchev–Trinajstić information content (AvgIpc) is 2.64. The third-order valence-corrected chi connectivity index (χ3v) is 2.87. The van der Waals surface area contributed by atoms with E-state index in [2.05, 4.69) is 6.92 Å². The first-order chi connectivity index (χ1) is 5.68. The van der Waals surface area contributed by atoms with E-state index in [1.807, 2.05) is 0 Å². The van der Waals surface area contributed by atoms with Gasteiger partial charge in [0.15, 0.2) is 0 Å². The van der Waals surface area contributed by atoms with Gasteiger partial charge >= 0.3 is 0 Å². The lowest BCUT2D eigenvalue weighted by Crippen LogP contribution is -2.29. The largest absolute Gasteiger partial charge is 0.335 e. The third-order valence-electron chi connectivity index (χ3n) is 2.87. The second kappa shape index (κ2) is 2.57. The highest BCUT2D eigenvalue weighted by atomic mass is 16.2. The molecule has 1 saturated carbocycles. The number of nitrogens with zero attached hydrogens (tertiary/aromatic N) is 1. The zero-order valence-corrected chi connectivity index (χ0v) is 7.25. The number of carbonyl (C=O) groups is 2. The predicted octanol–water partition coefficient (Wildman–Crippen LogP) is 0.444. The standard InChI is InChI=1S/C9H13NO2/c1-6-4-7(6)5-10-3-2-8(11)9(10)12/h6-7H,2-5H2,1H3. The summed E-state index contributed by atoms with van der Waals surface area (Å²) >= 11 is 0. The summed E-state index contributed by atoms with van der Waals surface area (Å²) in [6, 6.07) is 0. The van der Waals surface area contributed by atoms with Crippen LogP contribution >= 0.6 is 0 Å². The molecule has 1 saturated heterocycles. The van der Waals surface area contributed by atoms with Crippen LogP contribution in [0.5, 0.6) is 0 Å². The van der Waals surface area contributed by atoms with Crippen LogP contribution in [0.1, 0.15) is 19.8 Å². The number of hydrogen-bond donors (Lipinski definition) is 0. The van der Waals surface area contributed by atoms with Crippen LogP contribution in [0.15, 0.2) is 0 Å². The zero-order valence-electron chi connectivity index (χ0n) is 7.25. The topological polar surface area (TPSA) is 37.4 Å². The number of hydrogen-bond acceptors (Lipinski definition) is 2. The minimum absolute atomic E-state index is 0.205. The van der Waals surface area contributed by atoms with Crippen LogP contribution in [0.3, 0.4) is 0 Å². The highest BCUT2D eigenvalue weighted by Crippen LogP contribution is 2.38. The molecule has 12 heavy (non-hydrogen) atoms. The van der Waals surface area contributed by atoms with Crippen molar-refractivity contribution in [1.29, 1.82) is 0 Å². The second-order valence-electron chi connectivity index (χ2n) is 3.90. The summed E-state index contributed by atoms with van der Waals surface area (Å²) in [5, 5.41) is 0. The Balaban J connectivity index is 1.89. The van der Waals surface area contributed by atoms with Crippen LogP contribution in [0.4, 0.5) is 0 Å².